The molecule has 0 radical (unpaired) electrons. The molecule has 0 amide bonds. The lowest BCUT2D eigenvalue weighted by Gasteiger charge is -2.10. The van der Waals surface area contributed by atoms with E-state index in [1.54, 1.807) is 11.3 Å². The summed E-state index contributed by atoms with van der Waals surface area (Å²) in [7, 11) is 0. The third kappa shape index (κ3) is 2.25. The second-order valence-corrected chi connectivity index (χ2v) is 7.04. The first-order valence-electron chi connectivity index (χ1n) is 7.27. The van der Waals surface area contributed by atoms with Crippen LogP contribution in [0, 0.1) is 6.92 Å². The molecule has 0 N–H and O–H groups in total. The molecule has 3 aromatic rings. The van der Waals surface area contributed by atoms with E-state index >= 15 is 0 Å². The number of aryl methyl sites for hydroxylation is 3. The molecule has 0 bridgehead atoms. The number of hydrogen-bond acceptors (Lipinski definition) is 3. The Kier molecular flexibility index (Phi) is 3.20. The van der Waals surface area contributed by atoms with Crippen molar-refractivity contribution in [2.24, 2.45) is 0 Å². The molecule has 0 atom stereocenters. The summed E-state index contributed by atoms with van der Waals surface area (Å²) < 4.78 is 0. The Morgan fingerprint density at radius 1 is 1.05 bits per heavy atom. The largest absolute Gasteiger partial charge is 0.217 e. The number of halogens is 1. The molecule has 21 heavy (non-hydrogen) atoms. The summed E-state index contributed by atoms with van der Waals surface area (Å²) in [5.41, 5.74) is 3.65. The van der Waals surface area contributed by atoms with Crippen molar-refractivity contribution in [1.82, 2.24) is 9.97 Å². The summed E-state index contributed by atoms with van der Waals surface area (Å²) >= 11 is 8.27. The van der Waals surface area contributed by atoms with Gasteiger partial charge in [-0.1, -0.05) is 41.4 Å². The summed E-state index contributed by atoms with van der Waals surface area (Å²) in [5.74, 6) is 0.728. The highest BCUT2D eigenvalue weighted by Gasteiger charge is 2.20. The average molecular weight is 315 g/mol. The molecule has 0 spiro atoms. The van der Waals surface area contributed by atoms with Crippen molar-refractivity contribution < 1.29 is 0 Å². The van der Waals surface area contributed by atoms with Crippen LogP contribution in [0.4, 0.5) is 0 Å². The Morgan fingerprint density at radius 3 is 2.62 bits per heavy atom. The van der Waals surface area contributed by atoms with Gasteiger partial charge in [0.15, 0.2) is 5.82 Å². The van der Waals surface area contributed by atoms with Crippen molar-refractivity contribution in [3.63, 3.8) is 0 Å². The second kappa shape index (κ2) is 5.08. The van der Waals surface area contributed by atoms with E-state index in [0.29, 0.717) is 5.15 Å². The molecule has 0 aliphatic heterocycles. The summed E-state index contributed by atoms with van der Waals surface area (Å²) in [5, 5.41) is 1.70. The van der Waals surface area contributed by atoms with Crippen molar-refractivity contribution in [1.29, 1.82) is 0 Å². The van der Waals surface area contributed by atoms with Crippen LogP contribution in [-0.4, -0.2) is 9.97 Å². The van der Waals surface area contributed by atoms with Crippen molar-refractivity contribution in [3.05, 3.63) is 45.4 Å². The lowest BCUT2D eigenvalue weighted by atomic mass is 9.97. The van der Waals surface area contributed by atoms with Crippen LogP contribution < -0.4 is 0 Å². The van der Waals surface area contributed by atoms with Gasteiger partial charge in [-0.2, -0.15) is 0 Å². The molecule has 2 heterocycles. The normalized spacial score (nSPS) is 14.4. The first-order valence-corrected chi connectivity index (χ1v) is 8.46. The van der Waals surface area contributed by atoms with Crippen LogP contribution in [0.15, 0.2) is 24.3 Å². The zero-order valence-corrected chi connectivity index (χ0v) is 13.4. The van der Waals surface area contributed by atoms with Crippen LogP contribution in [-0.2, 0) is 12.8 Å². The maximum Gasteiger partial charge on any atom is 0.162 e. The molecule has 0 saturated heterocycles. The van der Waals surface area contributed by atoms with Crippen LogP contribution in [0.3, 0.4) is 0 Å². The van der Waals surface area contributed by atoms with Crippen LogP contribution in [0.1, 0.15) is 28.8 Å². The second-order valence-electron chi connectivity index (χ2n) is 5.60. The van der Waals surface area contributed by atoms with Gasteiger partial charge in [0.05, 0.1) is 5.39 Å². The summed E-state index contributed by atoms with van der Waals surface area (Å²) in [6, 6.07) is 8.27. The number of thiophene rings is 1. The van der Waals surface area contributed by atoms with Crippen LogP contribution in [0.5, 0.6) is 0 Å². The molecule has 4 heteroatoms. The number of aromatic nitrogens is 2. The molecular formula is C17H15ClN2S. The van der Waals surface area contributed by atoms with Crippen molar-refractivity contribution >= 4 is 33.2 Å². The molecule has 2 nitrogen and oxygen atoms in total. The molecule has 0 saturated carbocycles. The van der Waals surface area contributed by atoms with Gasteiger partial charge in [0.25, 0.3) is 0 Å². The SMILES string of the molecule is Cc1ccc(-c2nc(Cl)c3c4c(sc3n2)CCCC4)cc1. The summed E-state index contributed by atoms with van der Waals surface area (Å²) in [6.07, 6.45) is 4.79. The Hall–Kier alpha value is -1.45. The van der Waals surface area contributed by atoms with Crippen LogP contribution in [0.2, 0.25) is 5.15 Å². The topological polar surface area (TPSA) is 25.8 Å². The van der Waals surface area contributed by atoms with Crippen LogP contribution in [0.25, 0.3) is 21.6 Å². The van der Waals surface area contributed by atoms with Crippen molar-refractivity contribution in [2.75, 3.05) is 0 Å². The van der Waals surface area contributed by atoms with Gasteiger partial charge in [-0.3, -0.25) is 0 Å². The Morgan fingerprint density at radius 2 is 1.81 bits per heavy atom. The van der Waals surface area contributed by atoms with E-state index in [1.807, 2.05) is 0 Å². The molecule has 106 valence electrons. The van der Waals surface area contributed by atoms with Gasteiger partial charge in [0.2, 0.25) is 0 Å². The molecule has 0 fully saturated rings. The van der Waals surface area contributed by atoms with Gasteiger partial charge in [0.1, 0.15) is 9.98 Å². The molecule has 4 rings (SSSR count). The van der Waals surface area contributed by atoms with E-state index < -0.39 is 0 Å². The minimum absolute atomic E-state index is 0.606. The molecule has 2 aromatic heterocycles. The Labute approximate surface area is 132 Å². The molecule has 1 aliphatic carbocycles. The van der Waals surface area contributed by atoms with E-state index in [9.17, 15) is 0 Å². The van der Waals surface area contributed by atoms with Gasteiger partial charge < -0.3 is 0 Å². The minimum atomic E-state index is 0.606. The zero-order chi connectivity index (χ0) is 14.4. The van der Waals surface area contributed by atoms with Gasteiger partial charge in [-0.05, 0) is 38.2 Å². The lowest BCUT2D eigenvalue weighted by Crippen LogP contribution is -1.98. The van der Waals surface area contributed by atoms with E-state index in [0.717, 1.165) is 34.4 Å². The molecule has 1 aromatic carbocycles. The van der Waals surface area contributed by atoms with Gasteiger partial charge in [0, 0.05) is 10.4 Å². The monoisotopic (exact) mass is 314 g/mol. The fraction of sp³-hybridized carbons (Fsp3) is 0.294. The average Bonchev–Trinajstić information content (AvgIpc) is 2.86. The summed E-state index contributed by atoms with van der Waals surface area (Å²) in [4.78, 5) is 11.8. The maximum absolute atomic E-state index is 6.48. The minimum Gasteiger partial charge on any atom is -0.217 e. The third-order valence-electron chi connectivity index (χ3n) is 4.08. The first kappa shape index (κ1) is 13.2. The predicted octanol–water partition coefficient (Wildman–Crippen LogP) is 5.20. The highest BCUT2D eigenvalue weighted by molar-refractivity contribution is 7.19. The predicted molar refractivity (Wildman–Crippen MR) is 89.2 cm³/mol. The van der Waals surface area contributed by atoms with Crippen molar-refractivity contribution in [2.45, 2.75) is 32.6 Å². The fourth-order valence-corrected chi connectivity index (χ4v) is 4.55. The Bertz CT molecular complexity index is 821. The smallest absolute Gasteiger partial charge is 0.162 e. The van der Waals surface area contributed by atoms with E-state index in [-0.39, 0.29) is 0 Å². The first-order chi connectivity index (χ1) is 10.2. The van der Waals surface area contributed by atoms with E-state index in [1.165, 1.54) is 28.8 Å². The number of hydrogen-bond donors (Lipinski definition) is 0. The number of benzene rings is 1. The highest BCUT2D eigenvalue weighted by atomic mass is 35.5. The lowest BCUT2D eigenvalue weighted by molar-refractivity contribution is 0.700. The van der Waals surface area contributed by atoms with E-state index in [2.05, 4.69) is 36.2 Å². The summed E-state index contributed by atoms with van der Waals surface area (Å²) in [6.45, 7) is 2.08. The Balaban J connectivity index is 1.91. The molecule has 0 unspecified atom stereocenters. The maximum atomic E-state index is 6.48. The quantitative estimate of drug-likeness (QED) is 0.577. The molecular weight excluding hydrogens is 300 g/mol. The zero-order valence-electron chi connectivity index (χ0n) is 11.8. The fourth-order valence-electron chi connectivity index (χ4n) is 2.94. The molecule has 1 aliphatic rings. The van der Waals surface area contributed by atoms with Gasteiger partial charge in [-0.25, -0.2) is 9.97 Å². The number of rotatable bonds is 1. The highest BCUT2D eigenvalue weighted by Crippen LogP contribution is 2.39. The van der Waals surface area contributed by atoms with Gasteiger partial charge >= 0.3 is 0 Å². The number of fused-ring (bicyclic) bond motifs is 3. The third-order valence-corrected chi connectivity index (χ3v) is 5.54. The standard InChI is InChI=1S/C17H15ClN2S/c1-10-6-8-11(9-7-10)16-19-15(18)14-12-4-2-3-5-13(12)21-17(14)20-16/h6-9H,2-5H2,1H3. The van der Waals surface area contributed by atoms with E-state index in [4.69, 9.17) is 16.6 Å². The van der Waals surface area contributed by atoms with Crippen LogP contribution >= 0.6 is 22.9 Å². The van der Waals surface area contributed by atoms with Crippen molar-refractivity contribution in [3.8, 4) is 11.4 Å². The number of nitrogens with zero attached hydrogens (tertiary/aromatic N) is 2. The van der Waals surface area contributed by atoms with Gasteiger partial charge in [-0.15, -0.1) is 11.3 Å².